The highest BCUT2D eigenvalue weighted by Crippen LogP contribution is 2.12. The summed E-state index contributed by atoms with van der Waals surface area (Å²) in [6.07, 6.45) is 2.87. The lowest BCUT2D eigenvalue weighted by Crippen LogP contribution is -2.14. The van der Waals surface area contributed by atoms with Gasteiger partial charge in [0.05, 0.1) is 26.0 Å². The Morgan fingerprint density at radius 2 is 2.05 bits per heavy atom. The number of ether oxygens (including phenoxy) is 2. The van der Waals surface area contributed by atoms with Crippen molar-refractivity contribution in [3.05, 3.63) is 42.4 Å². The van der Waals surface area contributed by atoms with Gasteiger partial charge in [0.2, 0.25) is 0 Å². The predicted molar refractivity (Wildman–Crippen MR) is 78.2 cm³/mol. The molecule has 3 N–H and O–H groups in total. The summed E-state index contributed by atoms with van der Waals surface area (Å²) < 4.78 is 10.1. The molecular formula is C14H16N4O3. The van der Waals surface area contributed by atoms with Crippen molar-refractivity contribution in [3.63, 3.8) is 0 Å². The zero-order chi connectivity index (χ0) is 15.1. The minimum absolute atomic E-state index is 0.155. The lowest BCUT2D eigenvalue weighted by molar-refractivity contribution is 0.0593. The third-order valence-corrected chi connectivity index (χ3v) is 2.59. The molecule has 1 aromatic heterocycles. The van der Waals surface area contributed by atoms with Gasteiger partial charge in [0, 0.05) is 5.69 Å². The molecular weight excluding hydrogens is 272 g/mol. The van der Waals surface area contributed by atoms with Crippen molar-refractivity contribution in [2.24, 2.45) is 0 Å². The van der Waals surface area contributed by atoms with Crippen molar-refractivity contribution in [3.8, 4) is 5.75 Å². The lowest BCUT2D eigenvalue weighted by Gasteiger charge is -2.08. The first-order valence-electron chi connectivity index (χ1n) is 6.31. The van der Waals surface area contributed by atoms with Crippen molar-refractivity contribution < 1.29 is 14.3 Å². The number of nitrogens with zero attached hydrogens (tertiary/aromatic N) is 2. The molecule has 0 saturated carbocycles. The molecule has 0 bridgehead atoms. The van der Waals surface area contributed by atoms with Gasteiger partial charge in [-0.15, -0.1) is 0 Å². The molecule has 0 atom stereocenters. The summed E-state index contributed by atoms with van der Waals surface area (Å²) in [5.74, 6) is 0.698. The van der Waals surface area contributed by atoms with Gasteiger partial charge >= 0.3 is 5.97 Å². The maximum Gasteiger partial charge on any atom is 0.358 e. The van der Waals surface area contributed by atoms with Crippen LogP contribution in [0.3, 0.4) is 0 Å². The van der Waals surface area contributed by atoms with E-state index in [0.717, 1.165) is 5.75 Å². The van der Waals surface area contributed by atoms with E-state index in [2.05, 4.69) is 20.0 Å². The van der Waals surface area contributed by atoms with Crippen molar-refractivity contribution in [2.75, 3.05) is 31.3 Å². The Morgan fingerprint density at radius 1 is 1.29 bits per heavy atom. The number of hydrogen-bond donors (Lipinski definition) is 2. The fourth-order valence-electron chi connectivity index (χ4n) is 1.57. The van der Waals surface area contributed by atoms with Gasteiger partial charge in [-0.2, -0.15) is 0 Å². The highest BCUT2D eigenvalue weighted by atomic mass is 16.5. The van der Waals surface area contributed by atoms with E-state index in [9.17, 15) is 4.79 Å². The third-order valence-electron chi connectivity index (χ3n) is 2.59. The number of carbonyl (C=O) groups is 1. The van der Waals surface area contributed by atoms with E-state index in [4.69, 9.17) is 10.5 Å². The quantitative estimate of drug-likeness (QED) is 0.470. The summed E-state index contributed by atoms with van der Waals surface area (Å²) in [6.45, 7) is 0.956. The number of methoxy groups -OCH3 is 1. The van der Waals surface area contributed by atoms with Gasteiger partial charge in [0.15, 0.2) is 5.69 Å². The van der Waals surface area contributed by atoms with E-state index >= 15 is 0 Å². The van der Waals surface area contributed by atoms with Crippen LogP contribution >= 0.6 is 0 Å². The van der Waals surface area contributed by atoms with Crippen LogP contribution < -0.4 is 15.8 Å². The molecule has 7 heteroatoms. The van der Waals surface area contributed by atoms with Crippen molar-refractivity contribution in [1.29, 1.82) is 0 Å². The van der Waals surface area contributed by atoms with Gasteiger partial charge in [-0.25, -0.2) is 9.78 Å². The van der Waals surface area contributed by atoms with Crippen molar-refractivity contribution in [1.82, 2.24) is 9.97 Å². The second-order valence-electron chi connectivity index (χ2n) is 4.13. The molecule has 2 aromatic rings. The zero-order valence-corrected chi connectivity index (χ0v) is 11.6. The molecule has 0 radical (unpaired) electrons. The van der Waals surface area contributed by atoms with Gasteiger partial charge in [0.25, 0.3) is 0 Å². The Hall–Kier alpha value is -2.83. The predicted octanol–water partition coefficient (Wildman–Crippen LogP) is 1.34. The number of benzene rings is 1. The van der Waals surface area contributed by atoms with Crippen LogP contribution in [0.5, 0.6) is 5.75 Å². The SMILES string of the molecule is COC(=O)c1cncc(NCCOc2ccc(N)cc2)n1. The highest BCUT2D eigenvalue weighted by molar-refractivity contribution is 5.87. The monoisotopic (exact) mass is 288 g/mol. The molecule has 0 unspecified atom stereocenters. The Balaban J connectivity index is 1.80. The summed E-state index contributed by atoms with van der Waals surface area (Å²) in [5.41, 5.74) is 6.43. The second-order valence-corrected chi connectivity index (χ2v) is 4.13. The topological polar surface area (TPSA) is 99.4 Å². The fourth-order valence-corrected chi connectivity index (χ4v) is 1.57. The summed E-state index contributed by atoms with van der Waals surface area (Å²) in [4.78, 5) is 19.3. The largest absolute Gasteiger partial charge is 0.492 e. The minimum Gasteiger partial charge on any atom is -0.492 e. The standard InChI is InChI=1S/C14H16N4O3/c1-20-14(19)12-8-16-9-13(18-12)17-6-7-21-11-4-2-10(15)3-5-11/h2-5,8-9H,6-7,15H2,1H3,(H,17,18). The van der Waals surface area contributed by atoms with E-state index in [1.54, 1.807) is 24.3 Å². The molecule has 0 aliphatic rings. The van der Waals surface area contributed by atoms with E-state index in [0.29, 0.717) is 24.7 Å². The third kappa shape index (κ3) is 4.34. The first-order chi connectivity index (χ1) is 10.2. The van der Waals surface area contributed by atoms with E-state index in [1.807, 2.05) is 0 Å². The summed E-state index contributed by atoms with van der Waals surface area (Å²) in [7, 11) is 1.30. The molecule has 0 aliphatic carbocycles. The van der Waals surface area contributed by atoms with Gasteiger partial charge in [-0.1, -0.05) is 0 Å². The average molecular weight is 288 g/mol. The molecule has 2 rings (SSSR count). The second kappa shape index (κ2) is 7.09. The van der Waals surface area contributed by atoms with Crippen molar-refractivity contribution in [2.45, 2.75) is 0 Å². The van der Waals surface area contributed by atoms with Crippen LogP contribution in [0.1, 0.15) is 10.5 Å². The molecule has 0 amide bonds. The zero-order valence-electron chi connectivity index (χ0n) is 11.6. The minimum atomic E-state index is -0.524. The van der Waals surface area contributed by atoms with E-state index < -0.39 is 5.97 Å². The first kappa shape index (κ1) is 14.6. The molecule has 1 heterocycles. The summed E-state index contributed by atoms with van der Waals surface area (Å²) >= 11 is 0. The number of anilines is 2. The van der Waals surface area contributed by atoms with Crippen LogP contribution in [0.4, 0.5) is 11.5 Å². The molecule has 0 aliphatic heterocycles. The number of hydrogen-bond acceptors (Lipinski definition) is 7. The Morgan fingerprint density at radius 3 is 2.76 bits per heavy atom. The maximum atomic E-state index is 11.3. The fraction of sp³-hybridized carbons (Fsp3) is 0.214. The summed E-state index contributed by atoms with van der Waals surface area (Å²) in [6, 6.07) is 7.14. The van der Waals surface area contributed by atoms with Crippen LogP contribution in [-0.4, -0.2) is 36.2 Å². The Kier molecular flexibility index (Phi) is 4.92. The number of nitrogens with one attached hydrogen (secondary N) is 1. The van der Waals surface area contributed by atoms with Crippen LogP contribution in [0.25, 0.3) is 0 Å². The number of nitrogen functional groups attached to an aromatic ring is 1. The number of rotatable bonds is 6. The number of nitrogens with two attached hydrogens (primary N) is 1. The van der Waals surface area contributed by atoms with Crippen molar-refractivity contribution >= 4 is 17.5 Å². The van der Waals surface area contributed by atoms with Gasteiger partial charge in [0.1, 0.15) is 18.2 Å². The molecule has 7 nitrogen and oxygen atoms in total. The average Bonchev–Trinajstić information content (AvgIpc) is 2.53. The highest BCUT2D eigenvalue weighted by Gasteiger charge is 2.08. The van der Waals surface area contributed by atoms with E-state index in [-0.39, 0.29) is 5.69 Å². The number of esters is 1. The van der Waals surface area contributed by atoms with Crippen LogP contribution in [0, 0.1) is 0 Å². The molecule has 0 saturated heterocycles. The number of carbonyl (C=O) groups excluding carboxylic acids is 1. The Labute approximate surface area is 122 Å². The van der Waals surface area contributed by atoms with Crippen LogP contribution in [-0.2, 0) is 4.74 Å². The van der Waals surface area contributed by atoms with Gasteiger partial charge in [-0.05, 0) is 24.3 Å². The smallest absolute Gasteiger partial charge is 0.358 e. The molecule has 21 heavy (non-hydrogen) atoms. The normalized spacial score (nSPS) is 9.95. The number of aromatic nitrogens is 2. The van der Waals surface area contributed by atoms with Crippen LogP contribution in [0.2, 0.25) is 0 Å². The lowest BCUT2D eigenvalue weighted by atomic mass is 10.3. The van der Waals surface area contributed by atoms with Gasteiger partial charge in [-0.3, -0.25) is 4.98 Å². The Bertz CT molecular complexity index is 601. The molecule has 1 aromatic carbocycles. The van der Waals surface area contributed by atoms with E-state index in [1.165, 1.54) is 19.5 Å². The maximum absolute atomic E-state index is 11.3. The molecule has 110 valence electrons. The van der Waals surface area contributed by atoms with Gasteiger partial charge < -0.3 is 20.5 Å². The summed E-state index contributed by atoms with van der Waals surface area (Å²) in [5, 5.41) is 3.01. The first-order valence-corrected chi connectivity index (χ1v) is 6.31. The molecule has 0 spiro atoms. The van der Waals surface area contributed by atoms with Crippen LogP contribution in [0.15, 0.2) is 36.7 Å². The molecule has 0 fully saturated rings.